The number of hydrogen-bond acceptors (Lipinski definition) is 7. The average Bonchev–Trinajstić information content (AvgIpc) is 3.11. The number of thioether (sulfide) groups is 1. The molecule has 12 heteroatoms. The van der Waals surface area contributed by atoms with E-state index in [0.717, 1.165) is 0 Å². The van der Waals surface area contributed by atoms with E-state index >= 15 is 0 Å². The van der Waals surface area contributed by atoms with E-state index in [1.807, 2.05) is 0 Å². The molecule has 0 spiro atoms. The van der Waals surface area contributed by atoms with Crippen molar-refractivity contribution in [1.29, 1.82) is 0 Å². The van der Waals surface area contributed by atoms with Crippen LogP contribution in [0.3, 0.4) is 0 Å². The van der Waals surface area contributed by atoms with Crippen molar-refractivity contribution < 1.29 is 14.5 Å². The number of nitrogens with zero attached hydrogens (tertiary/aromatic N) is 4. The lowest BCUT2D eigenvalue weighted by Gasteiger charge is -2.08. The largest absolute Gasteiger partial charge is 0.345 e. The molecule has 0 fully saturated rings. The summed E-state index contributed by atoms with van der Waals surface area (Å²) in [7, 11) is 1.73. The molecule has 0 aliphatic carbocycles. The highest BCUT2D eigenvalue weighted by Gasteiger charge is 2.15. The van der Waals surface area contributed by atoms with Crippen LogP contribution in [0.2, 0.25) is 5.02 Å². The van der Waals surface area contributed by atoms with Crippen molar-refractivity contribution in [2.75, 3.05) is 11.1 Å². The van der Waals surface area contributed by atoms with Gasteiger partial charge in [-0.25, -0.2) is 0 Å². The summed E-state index contributed by atoms with van der Waals surface area (Å²) in [5.41, 5.74) is 1.42. The summed E-state index contributed by atoms with van der Waals surface area (Å²) in [6.07, 6.45) is 0. The Kier molecular flexibility index (Phi) is 7.44. The van der Waals surface area contributed by atoms with E-state index in [-0.39, 0.29) is 29.8 Å². The molecule has 2 N–H and O–H groups in total. The van der Waals surface area contributed by atoms with Gasteiger partial charge in [-0.2, -0.15) is 0 Å². The molecule has 0 unspecified atom stereocenters. The summed E-state index contributed by atoms with van der Waals surface area (Å²) in [5, 5.41) is 25.3. The Balaban J connectivity index is 1.54. The molecule has 0 radical (unpaired) electrons. The van der Waals surface area contributed by atoms with E-state index < -0.39 is 4.92 Å². The predicted octanol–water partition coefficient (Wildman–Crippen LogP) is 3.35. The molecule has 0 saturated heterocycles. The van der Waals surface area contributed by atoms with Gasteiger partial charge < -0.3 is 15.2 Å². The Labute approximate surface area is 192 Å². The minimum absolute atomic E-state index is 0.0388. The Morgan fingerprint density at radius 3 is 2.66 bits per heavy atom. The smallest absolute Gasteiger partial charge is 0.269 e. The van der Waals surface area contributed by atoms with Gasteiger partial charge in [-0.1, -0.05) is 35.5 Å². The quantitative estimate of drug-likeness (QED) is 0.290. The average molecular weight is 475 g/mol. The number of amides is 2. The van der Waals surface area contributed by atoms with Crippen LogP contribution >= 0.6 is 23.4 Å². The molecule has 0 aliphatic rings. The summed E-state index contributed by atoms with van der Waals surface area (Å²) in [5.74, 6) is -0.0392. The summed E-state index contributed by atoms with van der Waals surface area (Å²) in [4.78, 5) is 34.9. The SMILES string of the molecule is Cc1cc([N+](=O)[O-])ccc1NC(=O)CSc1nnc(CNC(=O)c2ccccc2Cl)n1C. The van der Waals surface area contributed by atoms with Crippen LogP contribution in [0.1, 0.15) is 21.7 Å². The Morgan fingerprint density at radius 2 is 1.97 bits per heavy atom. The summed E-state index contributed by atoms with van der Waals surface area (Å²) < 4.78 is 1.68. The fourth-order valence-corrected chi connectivity index (χ4v) is 3.69. The van der Waals surface area contributed by atoms with E-state index in [4.69, 9.17) is 11.6 Å². The molecular formula is C20H19ClN6O4S. The minimum Gasteiger partial charge on any atom is -0.345 e. The van der Waals surface area contributed by atoms with Gasteiger partial charge in [-0.3, -0.25) is 19.7 Å². The predicted molar refractivity (Wildman–Crippen MR) is 121 cm³/mol. The first-order valence-electron chi connectivity index (χ1n) is 9.35. The molecule has 0 atom stereocenters. The van der Waals surface area contributed by atoms with Crippen LogP contribution in [0, 0.1) is 17.0 Å². The highest BCUT2D eigenvalue weighted by atomic mass is 35.5. The van der Waals surface area contributed by atoms with Gasteiger partial charge in [0.1, 0.15) is 0 Å². The van der Waals surface area contributed by atoms with E-state index in [0.29, 0.717) is 32.8 Å². The number of nitro benzene ring substituents is 1. The number of non-ortho nitro benzene ring substituents is 1. The third-order valence-electron chi connectivity index (χ3n) is 4.48. The zero-order valence-corrected chi connectivity index (χ0v) is 18.7. The highest BCUT2D eigenvalue weighted by molar-refractivity contribution is 7.99. The van der Waals surface area contributed by atoms with Gasteiger partial charge in [0.25, 0.3) is 11.6 Å². The molecule has 1 heterocycles. The zero-order chi connectivity index (χ0) is 23.3. The van der Waals surface area contributed by atoms with E-state index in [1.165, 1.54) is 30.0 Å². The molecular weight excluding hydrogens is 456 g/mol. The first-order valence-corrected chi connectivity index (χ1v) is 10.7. The van der Waals surface area contributed by atoms with Crippen molar-refractivity contribution in [3.05, 3.63) is 74.6 Å². The molecule has 10 nitrogen and oxygen atoms in total. The number of aryl methyl sites for hydroxylation is 1. The minimum atomic E-state index is -0.489. The van der Waals surface area contributed by atoms with E-state index in [9.17, 15) is 19.7 Å². The number of nitrogens with one attached hydrogen (secondary N) is 2. The fourth-order valence-electron chi connectivity index (χ4n) is 2.74. The Morgan fingerprint density at radius 1 is 1.22 bits per heavy atom. The van der Waals surface area contributed by atoms with Gasteiger partial charge >= 0.3 is 0 Å². The molecule has 0 aliphatic heterocycles. The van der Waals surface area contributed by atoms with Crippen molar-refractivity contribution in [2.24, 2.45) is 7.05 Å². The van der Waals surface area contributed by atoms with Gasteiger partial charge in [-0.15, -0.1) is 10.2 Å². The van der Waals surface area contributed by atoms with Crippen LogP contribution in [0.5, 0.6) is 0 Å². The number of halogens is 1. The normalized spacial score (nSPS) is 10.6. The van der Waals surface area contributed by atoms with Crippen LogP contribution in [-0.2, 0) is 18.4 Å². The lowest BCUT2D eigenvalue weighted by Crippen LogP contribution is -2.24. The number of carbonyl (C=O) groups is 2. The third-order valence-corrected chi connectivity index (χ3v) is 5.83. The zero-order valence-electron chi connectivity index (χ0n) is 17.2. The summed E-state index contributed by atoms with van der Waals surface area (Å²) in [6, 6.07) is 11.0. The van der Waals surface area contributed by atoms with Gasteiger partial charge in [0.05, 0.1) is 27.8 Å². The van der Waals surface area contributed by atoms with Crippen molar-refractivity contribution in [3.63, 3.8) is 0 Å². The standard InChI is InChI=1S/C20H19ClN6O4S/c1-12-9-13(27(30)31)7-8-16(12)23-18(28)11-32-20-25-24-17(26(20)2)10-22-19(29)14-5-3-4-6-15(14)21/h3-9H,10-11H2,1-2H3,(H,22,29)(H,23,28). The maximum Gasteiger partial charge on any atom is 0.269 e. The molecule has 3 rings (SSSR count). The molecule has 32 heavy (non-hydrogen) atoms. The molecule has 166 valence electrons. The van der Waals surface area contributed by atoms with Crippen molar-refractivity contribution in [2.45, 2.75) is 18.6 Å². The van der Waals surface area contributed by atoms with Crippen molar-refractivity contribution in [3.8, 4) is 0 Å². The molecule has 1 aromatic heterocycles. The first-order chi connectivity index (χ1) is 15.3. The fraction of sp³-hybridized carbons (Fsp3) is 0.200. The second kappa shape index (κ2) is 10.2. The molecule has 2 aromatic carbocycles. The molecule has 3 aromatic rings. The van der Waals surface area contributed by atoms with Crippen LogP contribution < -0.4 is 10.6 Å². The summed E-state index contributed by atoms with van der Waals surface area (Å²) >= 11 is 7.21. The van der Waals surface area contributed by atoms with E-state index in [1.54, 1.807) is 42.8 Å². The van der Waals surface area contributed by atoms with Crippen LogP contribution in [0.25, 0.3) is 0 Å². The Bertz CT molecular complexity index is 1180. The Hall–Kier alpha value is -3.44. The molecule has 0 bridgehead atoms. The number of aromatic nitrogens is 3. The van der Waals surface area contributed by atoms with Crippen LogP contribution in [-0.4, -0.2) is 37.3 Å². The maximum absolute atomic E-state index is 12.3. The number of rotatable bonds is 8. The third kappa shape index (κ3) is 5.62. The van der Waals surface area contributed by atoms with Gasteiger partial charge in [0.15, 0.2) is 11.0 Å². The van der Waals surface area contributed by atoms with Gasteiger partial charge in [-0.05, 0) is 30.7 Å². The van der Waals surface area contributed by atoms with Gasteiger partial charge in [0, 0.05) is 24.9 Å². The van der Waals surface area contributed by atoms with E-state index in [2.05, 4.69) is 20.8 Å². The number of anilines is 1. The number of benzene rings is 2. The molecule has 0 saturated carbocycles. The second-order valence-electron chi connectivity index (χ2n) is 6.71. The molecule has 2 amide bonds. The highest BCUT2D eigenvalue weighted by Crippen LogP contribution is 2.22. The van der Waals surface area contributed by atoms with Crippen LogP contribution in [0.4, 0.5) is 11.4 Å². The lowest BCUT2D eigenvalue weighted by atomic mass is 10.2. The van der Waals surface area contributed by atoms with Crippen molar-refractivity contribution in [1.82, 2.24) is 20.1 Å². The number of hydrogen-bond donors (Lipinski definition) is 2. The number of carbonyl (C=O) groups excluding carboxylic acids is 2. The topological polar surface area (TPSA) is 132 Å². The second-order valence-corrected chi connectivity index (χ2v) is 8.06. The summed E-state index contributed by atoms with van der Waals surface area (Å²) in [6.45, 7) is 1.82. The van der Waals surface area contributed by atoms with Gasteiger partial charge in [0.2, 0.25) is 5.91 Å². The number of nitro groups is 1. The van der Waals surface area contributed by atoms with Crippen LogP contribution in [0.15, 0.2) is 47.6 Å². The van der Waals surface area contributed by atoms with Crippen molar-refractivity contribution >= 4 is 46.6 Å². The monoisotopic (exact) mass is 474 g/mol. The first kappa shape index (κ1) is 23.2. The lowest BCUT2D eigenvalue weighted by molar-refractivity contribution is -0.384. The maximum atomic E-state index is 12.3.